The summed E-state index contributed by atoms with van der Waals surface area (Å²) in [6.45, 7) is 5.05. The lowest BCUT2D eigenvalue weighted by atomic mass is 9.80. The third-order valence-electron chi connectivity index (χ3n) is 5.97. The fraction of sp³-hybridized carbons (Fsp3) is 0.310. The van der Waals surface area contributed by atoms with Gasteiger partial charge in [0.25, 0.3) is 5.91 Å². The Hall–Kier alpha value is -3.51. The quantitative estimate of drug-likeness (QED) is 0.419. The number of amides is 2. The number of carbonyl (C=O) groups is 2. The molecule has 35 heavy (non-hydrogen) atoms. The molecule has 0 N–H and O–H groups in total. The summed E-state index contributed by atoms with van der Waals surface area (Å²) < 4.78 is 26.7. The highest BCUT2D eigenvalue weighted by Crippen LogP contribution is 2.41. The van der Waals surface area contributed by atoms with Crippen LogP contribution < -0.4 is 0 Å². The van der Waals surface area contributed by atoms with Gasteiger partial charge in [-0.2, -0.15) is 0 Å². The Bertz CT molecular complexity index is 1050. The van der Waals surface area contributed by atoms with Crippen LogP contribution in [-0.2, 0) is 19.9 Å². The van der Waals surface area contributed by atoms with E-state index in [1.165, 1.54) is 0 Å². The van der Waals surface area contributed by atoms with Crippen LogP contribution in [-0.4, -0.2) is 41.3 Å². The van der Waals surface area contributed by atoms with Gasteiger partial charge in [-0.1, -0.05) is 91.0 Å². The van der Waals surface area contributed by atoms with E-state index < -0.39 is 35.4 Å². The van der Waals surface area contributed by atoms with Crippen molar-refractivity contribution in [3.63, 3.8) is 0 Å². The van der Waals surface area contributed by atoms with Gasteiger partial charge in [0.15, 0.2) is 6.17 Å². The highest BCUT2D eigenvalue weighted by Gasteiger charge is 2.47. The molecule has 1 aliphatic heterocycles. The maximum Gasteiger partial charge on any atom is 0.417 e. The van der Waals surface area contributed by atoms with Crippen molar-refractivity contribution in [2.45, 2.75) is 50.6 Å². The van der Waals surface area contributed by atoms with Crippen LogP contribution in [0, 0.1) is 0 Å². The Labute approximate surface area is 205 Å². The van der Waals surface area contributed by atoms with Crippen LogP contribution in [0.15, 0.2) is 91.0 Å². The molecule has 3 aromatic rings. The summed E-state index contributed by atoms with van der Waals surface area (Å²) in [4.78, 5) is 26.3. The smallest absolute Gasteiger partial charge is 0.417 e. The minimum atomic E-state index is -1.78. The van der Waals surface area contributed by atoms with Crippen molar-refractivity contribution < 1.29 is 23.5 Å². The van der Waals surface area contributed by atoms with Crippen LogP contribution in [0.2, 0.25) is 0 Å². The lowest BCUT2D eigenvalue weighted by molar-refractivity contribution is -0.133. The summed E-state index contributed by atoms with van der Waals surface area (Å²) in [6, 6.07) is 28.4. The Kier molecular flexibility index (Phi) is 7.03. The fourth-order valence-corrected chi connectivity index (χ4v) is 4.46. The first kappa shape index (κ1) is 24.6. The molecule has 1 heterocycles. The van der Waals surface area contributed by atoms with E-state index in [-0.39, 0.29) is 13.0 Å². The standard InChI is InChI=1S/C29H30FNO4/c1-28(2,3)35-27(33)31-24(19-25(30)26(31)32)20-34-29(21-13-7-4-8-14-21,22-15-9-5-10-16-22)23-17-11-6-12-18-23/h4-18,24-25H,19-20H2,1-3H3/t24-,25+/m0/s1. The zero-order valence-electron chi connectivity index (χ0n) is 20.2. The van der Waals surface area contributed by atoms with Crippen molar-refractivity contribution in [2.24, 2.45) is 0 Å². The number of nitrogens with zero attached hydrogens (tertiary/aromatic N) is 1. The largest absolute Gasteiger partial charge is 0.443 e. The number of alkyl halides is 1. The molecule has 6 heteroatoms. The summed E-state index contributed by atoms with van der Waals surface area (Å²) in [5.41, 5.74) is 0.770. The van der Waals surface area contributed by atoms with Crippen LogP contribution in [0.4, 0.5) is 9.18 Å². The van der Waals surface area contributed by atoms with E-state index in [0.717, 1.165) is 21.6 Å². The van der Waals surface area contributed by atoms with E-state index in [1.54, 1.807) is 20.8 Å². The molecule has 5 nitrogen and oxygen atoms in total. The summed E-state index contributed by atoms with van der Waals surface area (Å²) >= 11 is 0. The predicted molar refractivity (Wildman–Crippen MR) is 132 cm³/mol. The summed E-state index contributed by atoms with van der Waals surface area (Å²) in [7, 11) is 0. The molecule has 2 atom stereocenters. The van der Waals surface area contributed by atoms with E-state index in [4.69, 9.17) is 9.47 Å². The van der Waals surface area contributed by atoms with Gasteiger partial charge in [0.05, 0.1) is 12.6 Å². The van der Waals surface area contributed by atoms with Crippen LogP contribution in [0.5, 0.6) is 0 Å². The molecule has 0 radical (unpaired) electrons. The van der Waals surface area contributed by atoms with Gasteiger partial charge in [0.1, 0.15) is 11.2 Å². The van der Waals surface area contributed by atoms with Crippen LogP contribution >= 0.6 is 0 Å². The Morgan fingerprint density at radius 3 is 1.69 bits per heavy atom. The van der Waals surface area contributed by atoms with Gasteiger partial charge in [-0.15, -0.1) is 0 Å². The summed E-state index contributed by atoms with van der Waals surface area (Å²) in [5.74, 6) is -0.891. The molecule has 3 aromatic carbocycles. The molecule has 0 spiro atoms. The SMILES string of the molecule is CC(C)(C)OC(=O)N1C(=O)[C@H](F)C[C@H]1COC(c1ccccc1)(c1ccccc1)c1ccccc1. The molecule has 1 aliphatic rings. The van der Waals surface area contributed by atoms with Crippen LogP contribution in [0.1, 0.15) is 43.9 Å². The molecule has 0 aliphatic carbocycles. The molecule has 182 valence electrons. The first-order valence-corrected chi connectivity index (χ1v) is 11.7. The average Bonchev–Trinajstić information content (AvgIpc) is 3.14. The minimum Gasteiger partial charge on any atom is -0.443 e. The number of rotatable bonds is 6. The number of benzene rings is 3. The fourth-order valence-electron chi connectivity index (χ4n) is 4.46. The third kappa shape index (κ3) is 5.13. The third-order valence-corrected chi connectivity index (χ3v) is 5.97. The highest BCUT2D eigenvalue weighted by molar-refractivity contribution is 5.96. The number of ether oxygens (including phenoxy) is 2. The van der Waals surface area contributed by atoms with Crippen molar-refractivity contribution in [3.05, 3.63) is 108 Å². The molecule has 0 aromatic heterocycles. The van der Waals surface area contributed by atoms with Crippen molar-refractivity contribution in [3.8, 4) is 0 Å². The molecule has 2 amide bonds. The molecular weight excluding hydrogens is 445 g/mol. The Morgan fingerprint density at radius 1 is 0.857 bits per heavy atom. The number of carbonyl (C=O) groups excluding carboxylic acids is 2. The second kappa shape index (κ2) is 10.0. The van der Waals surface area contributed by atoms with Crippen molar-refractivity contribution in [2.75, 3.05) is 6.61 Å². The Morgan fingerprint density at radius 2 is 1.29 bits per heavy atom. The monoisotopic (exact) mass is 475 g/mol. The summed E-state index contributed by atoms with van der Waals surface area (Å²) in [6.07, 6.45) is -2.79. The van der Waals surface area contributed by atoms with E-state index in [2.05, 4.69) is 0 Å². The minimum absolute atomic E-state index is 0.0654. The zero-order valence-corrected chi connectivity index (χ0v) is 20.2. The number of hydrogen-bond acceptors (Lipinski definition) is 4. The van der Waals surface area contributed by atoms with Gasteiger partial charge < -0.3 is 9.47 Å². The maximum absolute atomic E-state index is 14.5. The molecule has 0 unspecified atom stereocenters. The van der Waals surface area contributed by atoms with Crippen molar-refractivity contribution in [1.29, 1.82) is 0 Å². The molecule has 1 fully saturated rings. The normalized spacial score (nSPS) is 18.5. The predicted octanol–water partition coefficient (Wildman–Crippen LogP) is 5.87. The van der Waals surface area contributed by atoms with Crippen molar-refractivity contribution >= 4 is 12.0 Å². The molecule has 1 saturated heterocycles. The van der Waals surface area contributed by atoms with Crippen molar-refractivity contribution in [1.82, 2.24) is 4.90 Å². The number of hydrogen-bond donors (Lipinski definition) is 0. The molecule has 4 rings (SSSR count). The lowest BCUT2D eigenvalue weighted by Gasteiger charge is -2.37. The maximum atomic E-state index is 14.5. The number of likely N-dealkylation sites (tertiary alicyclic amines) is 1. The van der Waals surface area contributed by atoms with E-state index in [1.807, 2.05) is 91.0 Å². The van der Waals surface area contributed by atoms with Gasteiger partial charge in [0, 0.05) is 6.42 Å². The topological polar surface area (TPSA) is 55.8 Å². The second-order valence-electron chi connectivity index (χ2n) is 9.64. The lowest BCUT2D eigenvalue weighted by Crippen LogP contribution is -2.46. The van der Waals surface area contributed by atoms with E-state index in [9.17, 15) is 14.0 Å². The highest BCUT2D eigenvalue weighted by atomic mass is 19.1. The molecular formula is C29H30FNO4. The van der Waals surface area contributed by atoms with E-state index in [0.29, 0.717) is 0 Å². The average molecular weight is 476 g/mol. The molecule has 0 bridgehead atoms. The van der Waals surface area contributed by atoms with E-state index >= 15 is 0 Å². The first-order valence-electron chi connectivity index (χ1n) is 11.7. The molecule has 0 saturated carbocycles. The van der Waals surface area contributed by atoms with Gasteiger partial charge in [-0.3, -0.25) is 4.79 Å². The van der Waals surface area contributed by atoms with Gasteiger partial charge >= 0.3 is 6.09 Å². The first-order chi connectivity index (χ1) is 16.7. The number of halogens is 1. The zero-order chi connectivity index (χ0) is 25.1. The van der Waals surface area contributed by atoms with Gasteiger partial charge in [-0.05, 0) is 37.5 Å². The van der Waals surface area contributed by atoms with Gasteiger partial charge in [0.2, 0.25) is 0 Å². The number of imide groups is 1. The van der Waals surface area contributed by atoms with Crippen LogP contribution in [0.3, 0.4) is 0 Å². The van der Waals surface area contributed by atoms with Crippen LogP contribution in [0.25, 0.3) is 0 Å². The summed E-state index contributed by atoms with van der Waals surface area (Å²) in [5, 5.41) is 0. The van der Waals surface area contributed by atoms with Gasteiger partial charge in [-0.25, -0.2) is 14.1 Å². The second-order valence-corrected chi connectivity index (χ2v) is 9.64. The Balaban J connectivity index is 1.76.